The van der Waals surface area contributed by atoms with Gasteiger partial charge in [-0.25, -0.2) is 23.2 Å². The number of methoxy groups -OCH3 is 1. The molecule has 0 atom stereocenters. The monoisotopic (exact) mass is 434 g/mol. The maximum absolute atomic E-state index is 8.49. The van der Waals surface area contributed by atoms with Crippen molar-refractivity contribution in [2.24, 2.45) is 0 Å². The van der Waals surface area contributed by atoms with E-state index in [0.29, 0.717) is 0 Å². The zero-order valence-electron chi connectivity index (χ0n) is 16.7. The summed E-state index contributed by atoms with van der Waals surface area (Å²) in [7, 11) is -1.07. The fraction of sp³-hybridized carbons (Fsp3) is 0.286. The number of piperazine rings is 1. The highest BCUT2D eigenvalue weighted by atomic mass is 35.7. The molecule has 2 aromatic carbocycles. The van der Waals surface area contributed by atoms with Crippen LogP contribution in [0.25, 0.3) is 22.3 Å². The van der Waals surface area contributed by atoms with Crippen molar-refractivity contribution in [1.82, 2.24) is 9.48 Å². The standard InChI is InChI=1S/C21H23N2O2.ClHO4/c1-22-10-12-23(13-11-22)19-15-21(16-6-4-3-5-7-16)25-20-9-8-17(24-2)14-18(19)20;2-1(3,4)5/h3-9,14-15H,10-13H2,1-2H3;(H,2,3,4,5)/q+1;/p-1. The van der Waals surface area contributed by atoms with E-state index < -0.39 is 10.2 Å². The van der Waals surface area contributed by atoms with Crippen molar-refractivity contribution < 1.29 is 38.0 Å². The van der Waals surface area contributed by atoms with E-state index in [-0.39, 0.29) is 0 Å². The summed E-state index contributed by atoms with van der Waals surface area (Å²) < 4.78 is 48.1. The Hall–Kier alpha value is -2.46. The van der Waals surface area contributed by atoms with E-state index in [4.69, 9.17) is 27.8 Å². The molecule has 0 N–H and O–H groups in total. The Kier molecular flexibility index (Phi) is 7.09. The van der Waals surface area contributed by atoms with Gasteiger partial charge in [0.25, 0.3) is 0 Å². The van der Waals surface area contributed by atoms with Crippen LogP contribution in [0, 0.1) is 10.2 Å². The minimum atomic E-state index is -4.94. The van der Waals surface area contributed by atoms with Crippen LogP contribution >= 0.6 is 0 Å². The topological polar surface area (TPSA) is 121 Å². The third-order valence-corrected chi connectivity index (χ3v) is 4.85. The highest BCUT2D eigenvalue weighted by Gasteiger charge is 2.19. The fourth-order valence-electron chi connectivity index (χ4n) is 3.33. The SMILES string of the molecule is COc1ccc2oc(-c3ccccc3)cc(=[N+]3CCN(C)CC3)c2c1.[O-][Cl+3]([O-])([O-])[O-]. The summed E-state index contributed by atoms with van der Waals surface area (Å²) >= 11 is 0. The molecule has 160 valence electrons. The van der Waals surface area contributed by atoms with Gasteiger partial charge in [0.1, 0.15) is 17.1 Å². The second-order valence-corrected chi connectivity index (χ2v) is 7.65. The maximum Gasteiger partial charge on any atom is 0.215 e. The number of rotatable bonds is 2. The normalized spacial score (nSPS) is 14.9. The predicted molar refractivity (Wildman–Crippen MR) is 101 cm³/mol. The first-order chi connectivity index (χ1) is 14.2. The van der Waals surface area contributed by atoms with Gasteiger partial charge in [-0.2, -0.15) is 0 Å². The van der Waals surface area contributed by atoms with Gasteiger partial charge in [-0.05, 0) is 25.2 Å². The second-order valence-electron chi connectivity index (χ2n) is 6.89. The van der Waals surface area contributed by atoms with Crippen LogP contribution in [0.2, 0.25) is 0 Å². The molecule has 0 bridgehead atoms. The van der Waals surface area contributed by atoms with Crippen LogP contribution in [-0.2, 0) is 0 Å². The average molecular weight is 435 g/mol. The van der Waals surface area contributed by atoms with Gasteiger partial charge in [0.05, 0.1) is 31.7 Å². The molecule has 4 rings (SSSR count). The Labute approximate surface area is 176 Å². The summed E-state index contributed by atoms with van der Waals surface area (Å²) in [6.07, 6.45) is 0. The minimum Gasteiger partial charge on any atom is -0.497 e. The number of likely N-dealkylation sites (N-methyl/N-ethyl adjacent to an activating group) is 1. The Morgan fingerprint density at radius 2 is 1.60 bits per heavy atom. The molecule has 0 aliphatic carbocycles. The van der Waals surface area contributed by atoms with E-state index in [1.807, 2.05) is 30.3 Å². The number of nitrogens with zero attached hydrogens (tertiary/aromatic N) is 2. The molecule has 1 saturated heterocycles. The molecule has 1 aliphatic rings. The first kappa shape index (κ1) is 22.2. The number of ether oxygens (including phenoxy) is 1. The zero-order chi connectivity index (χ0) is 21.7. The van der Waals surface area contributed by atoms with Gasteiger partial charge >= 0.3 is 0 Å². The van der Waals surface area contributed by atoms with Crippen LogP contribution < -0.4 is 33.3 Å². The van der Waals surface area contributed by atoms with Crippen LogP contribution in [0.5, 0.6) is 5.75 Å². The average Bonchev–Trinajstić information content (AvgIpc) is 2.72. The molecule has 0 amide bonds. The van der Waals surface area contributed by atoms with Crippen molar-refractivity contribution in [3.05, 3.63) is 60.0 Å². The third-order valence-electron chi connectivity index (χ3n) is 4.85. The van der Waals surface area contributed by atoms with Gasteiger partial charge in [0, 0.05) is 5.56 Å². The second kappa shape index (κ2) is 9.57. The Balaban J connectivity index is 0.000000461. The Morgan fingerprint density at radius 3 is 2.20 bits per heavy atom. The van der Waals surface area contributed by atoms with Crippen molar-refractivity contribution >= 4 is 11.0 Å². The summed E-state index contributed by atoms with van der Waals surface area (Å²) in [5, 5.41) is 2.32. The maximum atomic E-state index is 8.49. The van der Waals surface area contributed by atoms with Crippen LogP contribution in [0.4, 0.5) is 0 Å². The van der Waals surface area contributed by atoms with E-state index in [2.05, 4.69) is 40.8 Å². The molecular weight excluding hydrogens is 412 g/mol. The molecule has 9 heteroatoms. The number of hydrogen-bond donors (Lipinski definition) is 0. The number of hydrogen-bond acceptors (Lipinski definition) is 7. The molecule has 30 heavy (non-hydrogen) atoms. The van der Waals surface area contributed by atoms with Crippen molar-refractivity contribution in [2.45, 2.75) is 0 Å². The largest absolute Gasteiger partial charge is 0.497 e. The molecule has 1 aromatic heterocycles. The van der Waals surface area contributed by atoms with E-state index in [0.717, 1.165) is 54.2 Å². The van der Waals surface area contributed by atoms with Gasteiger partial charge in [-0.3, -0.25) is 4.90 Å². The van der Waals surface area contributed by atoms with E-state index >= 15 is 0 Å². The summed E-state index contributed by atoms with van der Waals surface area (Å²) in [4.78, 5) is 2.37. The molecule has 0 spiro atoms. The Morgan fingerprint density at radius 1 is 0.967 bits per heavy atom. The predicted octanol–water partition coefficient (Wildman–Crippen LogP) is -1.93. The lowest BCUT2D eigenvalue weighted by molar-refractivity contribution is -2.00. The van der Waals surface area contributed by atoms with Gasteiger partial charge in [-0.15, -0.1) is 10.2 Å². The summed E-state index contributed by atoms with van der Waals surface area (Å²) in [5.74, 6) is 1.75. The molecule has 3 aromatic rings. The number of halogens is 1. The Bertz CT molecular complexity index is 1050. The third kappa shape index (κ3) is 6.02. The van der Waals surface area contributed by atoms with Crippen molar-refractivity contribution in [3.8, 4) is 17.1 Å². The zero-order valence-corrected chi connectivity index (χ0v) is 17.5. The van der Waals surface area contributed by atoms with Crippen LogP contribution in [0.15, 0.2) is 59.0 Å². The first-order valence-corrected chi connectivity index (χ1v) is 10.5. The summed E-state index contributed by atoms with van der Waals surface area (Å²) in [6, 6.07) is 18.5. The van der Waals surface area contributed by atoms with Crippen molar-refractivity contribution in [1.29, 1.82) is 0 Å². The van der Waals surface area contributed by atoms with Crippen molar-refractivity contribution in [3.63, 3.8) is 0 Å². The molecule has 2 heterocycles. The highest BCUT2D eigenvalue weighted by Crippen LogP contribution is 2.24. The summed E-state index contributed by atoms with van der Waals surface area (Å²) in [6.45, 7) is 4.17. The molecule has 0 unspecified atom stereocenters. The van der Waals surface area contributed by atoms with Gasteiger partial charge in [0.15, 0.2) is 13.1 Å². The van der Waals surface area contributed by atoms with E-state index in [1.54, 1.807) is 7.11 Å². The number of benzene rings is 2. The van der Waals surface area contributed by atoms with Crippen LogP contribution in [0.1, 0.15) is 0 Å². The van der Waals surface area contributed by atoms with Gasteiger partial charge < -0.3 is 9.15 Å². The van der Waals surface area contributed by atoms with E-state index in [9.17, 15) is 0 Å². The molecule has 0 radical (unpaired) electrons. The van der Waals surface area contributed by atoms with Crippen LogP contribution in [0.3, 0.4) is 0 Å². The molecule has 8 nitrogen and oxygen atoms in total. The first-order valence-electron chi connectivity index (χ1n) is 9.30. The molecule has 0 saturated carbocycles. The lowest BCUT2D eigenvalue weighted by Crippen LogP contribution is -2.68. The minimum absolute atomic E-state index is 0.852. The molecule has 1 fully saturated rings. The smallest absolute Gasteiger partial charge is 0.215 e. The lowest BCUT2D eigenvalue weighted by atomic mass is 10.1. The van der Waals surface area contributed by atoms with Gasteiger partial charge in [-0.1, -0.05) is 30.3 Å². The quantitative estimate of drug-likeness (QED) is 0.430. The van der Waals surface area contributed by atoms with Gasteiger partial charge in [0.2, 0.25) is 5.36 Å². The van der Waals surface area contributed by atoms with E-state index in [1.165, 1.54) is 5.36 Å². The number of fused-ring (bicyclic) bond motifs is 1. The lowest BCUT2D eigenvalue weighted by Gasteiger charge is -2.20. The fourth-order valence-corrected chi connectivity index (χ4v) is 3.33. The highest BCUT2D eigenvalue weighted by molar-refractivity contribution is 5.80. The van der Waals surface area contributed by atoms with Crippen molar-refractivity contribution in [2.75, 3.05) is 40.3 Å². The van der Waals surface area contributed by atoms with Crippen LogP contribution in [-0.4, -0.2) is 45.2 Å². The molecular formula is C21H23ClN2O6. The summed E-state index contributed by atoms with van der Waals surface area (Å²) in [5.41, 5.74) is 1.98. The molecule has 1 aliphatic heterocycles.